The molecule has 1 aliphatic rings. The van der Waals surface area contributed by atoms with Gasteiger partial charge in [-0.25, -0.2) is 14.6 Å². The van der Waals surface area contributed by atoms with Gasteiger partial charge in [0.1, 0.15) is 0 Å². The zero-order valence-corrected chi connectivity index (χ0v) is 25.9. The van der Waals surface area contributed by atoms with E-state index in [0.717, 1.165) is 5.56 Å². The molecule has 0 saturated carbocycles. The van der Waals surface area contributed by atoms with Crippen LogP contribution in [-0.4, -0.2) is 54.6 Å². The summed E-state index contributed by atoms with van der Waals surface area (Å²) in [7, 11) is 2.76. The first-order chi connectivity index (χ1) is 22.4. The highest BCUT2D eigenvalue weighted by Crippen LogP contribution is 2.39. The number of carbonyl (C=O) groups is 2. The molecule has 1 aromatic heterocycles. The Morgan fingerprint density at radius 2 is 1.52 bits per heavy atom. The molecule has 1 aliphatic heterocycles. The van der Waals surface area contributed by atoms with Gasteiger partial charge in [-0.2, -0.15) is 4.98 Å². The topological polar surface area (TPSA) is 115 Å². The Balaban J connectivity index is 1.51. The molecule has 0 aliphatic carbocycles. The lowest BCUT2D eigenvalue weighted by Crippen LogP contribution is -2.52. The van der Waals surface area contributed by atoms with E-state index in [9.17, 15) is 9.59 Å². The zero-order chi connectivity index (χ0) is 32.4. The summed E-state index contributed by atoms with van der Waals surface area (Å²) in [5, 5.41) is 0. The van der Waals surface area contributed by atoms with Crippen LogP contribution in [0.25, 0.3) is 0 Å². The highest BCUT2D eigenvalue weighted by Gasteiger charge is 2.51. The molecule has 0 fully saturated rings. The summed E-state index contributed by atoms with van der Waals surface area (Å²) >= 11 is 0. The fourth-order valence-corrected chi connectivity index (χ4v) is 5.27. The Morgan fingerprint density at radius 3 is 2.13 bits per heavy atom. The van der Waals surface area contributed by atoms with Crippen LogP contribution in [0.1, 0.15) is 34.5 Å². The number of rotatable bonds is 13. The normalized spacial score (nSPS) is 16.8. The van der Waals surface area contributed by atoms with Crippen molar-refractivity contribution in [3.8, 4) is 6.01 Å². The number of aryl methyl sites for hydroxylation is 1. The molecular weight excluding hydrogens is 588 g/mol. The van der Waals surface area contributed by atoms with E-state index in [1.165, 1.54) is 14.2 Å². The second-order valence-corrected chi connectivity index (χ2v) is 10.5. The number of benzene rings is 3. The van der Waals surface area contributed by atoms with E-state index < -0.39 is 36.0 Å². The van der Waals surface area contributed by atoms with Crippen LogP contribution in [-0.2, 0) is 52.1 Å². The average molecular weight is 625 g/mol. The van der Waals surface area contributed by atoms with Gasteiger partial charge in [0.2, 0.25) is 12.4 Å². The maximum absolute atomic E-state index is 14.3. The van der Waals surface area contributed by atoms with Crippen LogP contribution in [0.3, 0.4) is 0 Å². The zero-order valence-electron chi connectivity index (χ0n) is 25.9. The molecule has 46 heavy (non-hydrogen) atoms. The fraction of sp³-hybridized carbons (Fsp3) is 0.278. The van der Waals surface area contributed by atoms with Crippen molar-refractivity contribution in [3.05, 3.63) is 137 Å². The van der Waals surface area contributed by atoms with Crippen LogP contribution in [0, 0.1) is 6.92 Å². The van der Waals surface area contributed by atoms with Crippen molar-refractivity contribution in [2.45, 2.75) is 50.7 Å². The van der Waals surface area contributed by atoms with Gasteiger partial charge < -0.3 is 28.4 Å². The van der Waals surface area contributed by atoms with Gasteiger partial charge in [0, 0.05) is 19.2 Å². The molecular formula is C36H36N2O8. The van der Waals surface area contributed by atoms with E-state index in [4.69, 9.17) is 28.4 Å². The average Bonchev–Trinajstić information content (AvgIpc) is 3.09. The van der Waals surface area contributed by atoms with E-state index in [-0.39, 0.29) is 19.0 Å². The van der Waals surface area contributed by atoms with Crippen LogP contribution in [0.5, 0.6) is 6.01 Å². The van der Waals surface area contributed by atoms with Gasteiger partial charge >= 0.3 is 17.9 Å². The monoisotopic (exact) mass is 624 g/mol. The Labute approximate surface area is 267 Å². The highest BCUT2D eigenvalue weighted by molar-refractivity contribution is 5.79. The number of hydrogen-bond donors (Lipinski definition) is 0. The summed E-state index contributed by atoms with van der Waals surface area (Å²) in [5.74, 6) is -1.41. The first-order valence-electron chi connectivity index (χ1n) is 14.8. The summed E-state index contributed by atoms with van der Waals surface area (Å²) in [5.41, 5.74) is 1.92. The van der Waals surface area contributed by atoms with Crippen molar-refractivity contribution < 1.29 is 38.0 Å². The van der Waals surface area contributed by atoms with Crippen molar-refractivity contribution in [3.63, 3.8) is 0 Å². The summed E-state index contributed by atoms with van der Waals surface area (Å²) < 4.78 is 35.0. The SMILES string of the molecule is COC(=O)[C@@H]1CC=C[C@H](OC(=O)[C@@H](Oc2nc(C)cc(COCc3ccccc3)n2)C(OC)(c2ccccc2)c2ccccc2)O1. The molecule has 0 spiro atoms. The number of esters is 2. The second-order valence-electron chi connectivity index (χ2n) is 10.5. The van der Waals surface area contributed by atoms with Crippen molar-refractivity contribution in [1.29, 1.82) is 0 Å². The first-order valence-corrected chi connectivity index (χ1v) is 14.8. The van der Waals surface area contributed by atoms with Crippen LogP contribution >= 0.6 is 0 Å². The number of aromatic nitrogens is 2. The molecule has 0 bridgehead atoms. The maximum atomic E-state index is 14.3. The molecule has 3 aromatic carbocycles. The van der Waals surface area contributed by atoms with Crippen LogP contribution in [0.15, 0.2) is 109 Å². The minimum atomic E-state index is -1.52. The number of hydrogen-bond acceptors (Lipinski definition) is 10. The Morgan fingerprint density at radius 1 is 0.891 bits per heavy atom. The Bertz CT molecular complexity index is 1580. The maximum Gasteiger partial charge on any atom is 0.353 e. The molecule has 0 radical (unpaired) electrons. The predicted octanol–water partition coefficient (Wildman–Crippen LogP) is 5.23. The molecule has 10 heteroatoms. The van der Waals surface area contributed by atoms with E-state index in [0.29, 0.717) is 29.1 Å². The fourth-order valence-electron chi connectivity index (χ4n) is 5.27. The summed E-state index contributed by atoms with van der Waals surface area (Å²) in [6.07, 6.45) is -0.0541. The van der Waals surface area contributed by atoms with Gasteiger partial charge in [0.05, 0.1) is 26.0 Å². The van der Waals surface area contributed by atoms with Crippen LogP contribution < -0.4 is 4.74 Å². The third kappa shape index (κ3) is 7.66. The van der Waals surface area contributed by atoms with Gasteiger partial charge in [-0.3, -0.25) is 0 Å². The van der Waals surface area contributed by atoms with Gasteiger partial charge in [-0.1, -0.05) is 97.1 Å². The summed E-state index contributed by atoms with van der Waals surface area (Å²) in [4.78, 5) is 35.5. The first kappa shape index (κ1) is 32.5. The molecule has 2 heterocycles. The van der Waals surface area contributed by atoms with Crippen molar-refractivity contribution >= 4 is 11.9 Å². The third-order valence-electron chi connectivity index (χ3n) is 7.42. The number of methoxy groups -OCH3 is 2. The van der Waals surface area contributed by atoms with Crippen LogP contribution in [0.2, 0.25) is 0 Å². The van der Waals surface area contributed by atoms with E-state index in [2.05, 4.69) is 9.97 Å². The number of carbonyl (C=O) groups excluding carboxylic acids is 2. The molecule has 10 nitrogen and oxygen atoms in total. The molecule has 0 N–H and O–H groups in total. The van der Waals surface area contributed by atoms with Gasteiger partial charge in [0.25, 0.3) is 0 Å². The third-order valence-corrected chi connectivity index (χ3v) is 7.42. The predicted molar refractivity (Wildman–Crippen MR) is 167 cm³/mol. The highest BCUT2D eigenvalue weighted by atomic mass is 16.7. The molecule has 4 aromatic rings. The van der Waals surface area contributed by atoms with E-state index in [1.54, 1.807) is 25.1 Å². The standard InChI is InChI=1S/C36H36N2O8/c1-25-22-29(24-43-23-26-14-7-4-8-15-26)38-35(37-25)46-32(34(40)45-31-21-13-20-30(44-31)33(39)41-2)36(42-3,27-16-9-5-10-17-27)28-18-11-6-12-19-28/h4-19,21-22,30-32H,20,23-24H2,1-3H3/t30-,31-,32+/m0/s1. The van der Waals surface area contributed by atoms with Crippen molar-refractivity contribution in [2.24, 2.45) is 0 Å². The second kappa shape index (κ2) is 15.4. The number of ether oxygens (including phenoxy) is 6. The lowest BCUT2D eigenvalue weighted by Gasteiger charge is -2.39. The van der Waals surface area contributed by atoms with Gasteiger partial charge in [0.15, 0.2) is 11.7 Å². The minimum absolute atomic E-state index is 0.0684. The smallest absolute Gasteiger partial charge is 0.353 e. The van der Waals surface area contributed by atoms with E-state index >= 15 is 0 Å². The molecule has 0 unspecified atom stereocenters. The largest absolute Gasteiger partial charge is 0.467 e. The van der Waals surface area contributed by atoms with Gasteiger partial charge in [-0.15, -0.1) is 0 Å². The molecule has 0 saturated heterocycles. The van der Waals surface area contributed by atoms with Crippen molar-refractivity contribution in [2.75, 3.05) is 14.2 Å². The lowest BCUT2D eigenvalue weighted by atomic mass is 9.81. The Kier molecular flexibility index (Phi) is 10.9. The number of nitrogens with zero attached hydrogens (tertiary/aromatic N) is 2. The molecule has 3 atom stereocenters. The summed E-state index contributed by atoms with van der Waals surface area (Å²) in [6.45, 7) is 2.38. The minimum Gasteiger partial charge on any atom is -0.467 e. The lowest BCUT2D eigenvalue weighted by molar-refractivity contribution is -0.203. The van der Waals surface area contributed by atoms with Gasteiger partial charge in [-0.05, 0) is 35.8 Å². The van der Waals surface area contributed by atoms with E-state index in [1.807, 2.05) is 91.0 Å². The quantitative estimate of drug-likeness (QED) is 0.145. The molecule has 5 rings (SSSR count). The summed E-state index contributed by atoms with van der Waals surface area (Å²) in [6, 6.07) is 30.0. The Hall–Kier alpha value is -4.90. The van der Waals surface area contributed by atoms with Crippen LogP contribution in [0.4, 0.5) is 0 Å². The molecule has 0 amide bonds. The molecule has 238 valence electrons. The van der Waals surface area contributed by atoms with Crippen molar-refractivity contribution in [1.82, 2.24) is 9.97 Å².